The number of benzene rings is 1. The van der Waals surface area contributed by atoms with Gasteiger partial charge in [-0.15, -0.1) is 0 Å². The van der Waals surface area contributed by atoms with E-state index in [1.165, 1.54) is 102 Å². The third kappa shape index (κ3) is 9.74. The number of nitrogens with zero attached hydrogens (tertiary/aromatic N) is 2. The molecule has 0 spiro atoms. The molecule has 0 N–H and O–H groups in total. The van der Waals surface area contributed by atoms with Crippen molar-refractivity contribution >= 4 is 0 Å². The first-order chi connectivity index (χ1) is 14.3. The summed E-state index contributed by atoms with van der Waals surface area (Å²) in [6.45, 7) is 6.96. The molecule has 0 aromatic heterocycles. The fourth-order valence-corrected chi connectivity index (χ4v) is 4.37. The maximum Gasteiger partial charge on any atom is 0.105 e. The largest absolute Gasteiger partial charge is 0.356 e. The Bertz CT molecular complexity index is 525. The summed E-state index contributed by atoms with van der Waals surface area (Å²) in [4.78, 5) is 5.16. The van der Waals surface area contributed by atoms with Crippen LogP contribution in [0.15, 0.2) is 42.7 Å². The molecule has 2 heteroatoms. The van der Waals surface area contributed by atoms with Crippen molar-refractivity contribution in [2.45, 2.75) is 110 Å². The summed E-state index contributed by atoms with van der Waals surface area (Å²) in [6, 6.07) is 11.0. The van der Waals surface area contributed by atoms with E-state index in [0.717, 1.165) is 6.42 Å². The molecule has 164 valence electrons. The van der Waals surface area contributed by atoms with Crippen LogP contribution in [0.3, 0.4) is 0 Å². The van der Waals surface area contributed by atoms with Crippen molar-refractivity contribution in [2.75, 3.05) is 13.1 Å². The third-order valence-corrected chi connectivity index (χ3v) is 6.27. The van der Waals surface area contributed by atoms with E-state index in [-0.39, 0.29) is 0 Å². The van der Waals surface area contributed by atoms with Crippen LogP contribution in [-0.2, 0) is 6.42 Å². The third-order valence-electron chi connectivity index (χ3n) is 6.27. The summed E-state index contributed by atoms with van der Waals surface area (Å²) in [6.07, 6.45) is 24.4. The van der Waals surface area contributed by atoms with Crippen LogP contribution in [0.25, 0.3) is 0 Å². The van der Waals surface area contributed by atoms with Crippen LogP contribution >= 0.6 is 0 Å². The molecule has 0 radical (unpaired) electrons. The molecule has 29 heavy (non-hydrogen) atoms. The molecule has 1 heterocycles. The lowest BCUT2D eigenvalue weighted by molar-refractivity contribution is 0.148. The quantitative estimate of drug-likeness (QED) is 0.247. The zero-order valence-electron chi connectivity index (χ0n) is 19.3. The predicted molar refractivity (Wildman–Crippen MR) is 128 cm³/mol. The van der Waals surface area contributed by atoms with Gasteiger partial charge in [-0.1, -0.05) is 115 Å². The highest BCUT2D eigenvalue weighted by Gasteiger charge is 2.25. The molecule has 0 amide bonds. The Morgan fingerprint density at radius 3 is 1.62 bits per heavy atom. The minimum absolute atomic E-state index is 0.507. The fourth-order valence-electron chi connectivity index (χ4n) is 4.37. The summed E-state index contributed by atoms with van der Waals surface area (Å²) in [5, 5.41) is 0. The molecule has 0 bridgehead atoms. The molecule has 2 rings (SSSR count). The minimum Gasteiger partial charge on any atom is -0.356 e. The SMILES string of the molecule is CCCCCCCCCCCCCN1C=CN(CCCC)C1Cc1ccccc1. The second-order valence-corrected chi connectivity index (χ2v) is 8.83. The molecule has 0 fully saturated rings. The van der Waals surface area contributed by atoms with Gasteiger partial charge in [0.2, 0.25) is 0 Å². The number of hydrogen-bond acceptors (Lipinski definition) is 2. The molecule has 0 aliphatic carbocycles. The van der Waals surface area contributed by atoms with Crippen LogP contribution in [0.2, 0.25) is 0 Å². The van der Waals surface area contributed by atoms with Gasteiger partial charge in [-0.05, 0) is 18.4 Å². The van der Waals surface area contributed by atoms with Crippen molar-refractivity contribution in [1.29, 1.82) is 0 Å². The van der Waals surface area contributed by atoms with E-state index >= 15 is 0 Å². The van der Waals surface area contributed by atoms with Gasteiger partial charge < -0.3 is 9.80 Å². The highest BCUT2D eigenvalue weighted by atomic mass is 15.4. The van der Waals surface area contributed by atoms with Gasteiger partial charge >= 0.3 is 0 Å². The fraction of sp³-hybridized carbons (Fsp3) is 0.704. The van der Waals surface area contributed by atoms with Gasteiger partial charge in [0.05, 0.1) is 0 Å². The smallest absolute Gasteiger partial charge is 0.105 e. The summed E-state index contributed by atoms with van der Waals surface area (Å²) in [5.41, 5.74) is 1.45. The van der Waals surface area contributed by atoms with Gasteiger partial charge in [0.15, 0.2) is 0 Å². The van der Waals surface area contributed by atoms with Gasteiger partial charge in [-0.3, -0.25) is 0 Å². The predicted octanol–water partition coefficient (Wildman–Crippen LogP) is 7.76. The maximum absolute atomic E-state index is 2.59. The maximum atomic E-state index is 2.59. The molecule has 0 saturated heterocycles. The van der Waals surface area contributed by atoms with Gasteiger partial charge in [0.1, 0.15) is 6.17 Å². The van der Waals surface area contributed by atoms with Gasteiger partial charge in [0, 0.05) is 31.9 Å². The van der Waals surface area contributed by atoms with Gasteiger partial charge in [0.25, 0.3) is 0 Å². The topological polar surface area (TPSA) is 6.48 Å². The Kier molecular flexibility index (Phi) is 12.7. The van der Waals surface area contributed by atoms with Crippen molar-refractivity contribution in [1.82, 2.24) is 9.80 Å². The molecule has 1 aliphatic heterocycles. The molecule has 1 atom stereocenters. The van der Waals surface area contributed by atoms with Crippen LogP contribution in [0.1, 0.15) is 103 Å². The Labute approximate surface area is 181 Å². The average Bonchev–Trinajstić information content (AvgIpc) is 3.12. The minimum atomic E-state index is 0.507. The lowest BCUT2D eigenvalue weighted by Crippen LogP contribution is -2.41. The average molecular weight is 399 g/mol. The first kappa shape index (κ1) is 23.8. The molecule has 1 aromatic rings. The second-order valence-electron chi connectivity index (χ2n) is 8.83. The van der Waals surface area contributed by atoms with Crippen LogP contribution in [-0.4, -0.2) is 29.1 Å². The molecule has 1 aliphatic rings. The monoisotopic (exact) mass is 398 g/mol. The van der Waals surface area contributed by atoms with Crippen molar-refractivity contribution < 1.29 is 0 Å². The first-order valence-electron chi connectivity index (χ1n) is 12.6. The molecule has 1 aromatic carbocycles. The zero-order chi connectivity index (χ0) is 20.6. The Morgan fingerprint density at radius 1 is 0.586 bits per heavy atom. The number of rotatable bonds is 17. The highest BCUT2D eigenvalue weighted by Crippen LogP contribution is 2.22. The van der Waals surface area contributed by atoms with E-state index in [4.69, 9.17) is 0 Å². The van der Waals surface area contributed by atoms with Gasteiger partial charge in [-0.25, -0.2) is 0 Å². The molecule has 0 saturated carbocycles. The first-order valence-corrected chi connectivity index (χ1v) is 12.6. The van der Waals surface area contributed by atoms with Gasteiger partial charge in [-0.2, -0.15) is 0 Å². The van der Waals surface area contributed by atoms with Crippen LogP contribution in [0, 0.1) is 0 Å². The van der Waals surface area contributed by atoms with Crippen LogP contribution in [0.4, 0.5) is 0 Å². The summed E-state index contributed by atoms with van der Waals surface area (Å²) >= 11 is 0. The summed E-state index contributed by atoms with van der Waals surface area (Å²) in [5.74, 6) is 0. The second kappa shape index (κ2) is 15.4. The highest BCUT2D eigenvalue weighted by molar-refractivity contribution is 5.17. The van der Waals surface area contributed by atoms with E-state index < -0.39 is 0 Å². The van der Waals surface area contributed by atoms with E-state index in [1.807, 2.05) is 0 Å². The van der Waals surface area contributed by atoms with E-state index in [2.05, 4.69) is 66.4 Å². The summed E-state index contributed by atoms with van der Waals surface area (Å²) < 4.78 is 0. The van der Waals surface area contributed by atoms with Crippen molar-refractivity contribution in [3.05, 3.63) is 48.3 Å². The molecular formula is C27H46N2. The lowest BCUT2D eigenvalue weighted by atomic mass is 10.1. The van der Waals surface area contributed by atoms with E-state index in [0.29, 0.717) is 6.17 Å². The van der Waals surface area contributed by atoms with Crippen LogP contribution < -0.4 is 0 Å². The lowest BCUT2D eigenvalue weighted by Gasteiger charge is -2.33. The normalized spacial score (nSPS) is 16.1. The van der Waals surface area contributed by atoms with Crippen molar-refractivity contribution in [2.24, 2.45) is 0 Å². The van der Waals surface area contributed by atoms with E-state index in [1.54, 1.807) is 0 Å². The molecular weight excluding hydrogens is 352 g/mol. The van der Waals surface area contributed by atoms with Crippen molar-refractivity contribution in [3.63, 3.8) is 0 Å². The van der Waals surface area contributed by atoms with Crippen molar-refractivity contribution in [3.8, 4) is 0 Å². The zero-order valence-corrected chi connectivity index (χ0v) is 19.3. The number of unbranched alkanes of at least 4 members (excludes halogenated alkanes) is 11. The standard InChI is InChI=1S/C27H46N2/c1-3-5-7-8-9-10-11-12-13-14-18-22-29-24-23-28(21-6-4-2)27(29)25-26-19-16-15-17-20-26/h15-17,19-20,23-24,27H,3-14,18,21-22,25H2,1-2H3. The molecule has 2 nitrogen and oxygen atoms in total. The Hall–Kier alpha value is -1.44. The molecule has 1 unspecified atom stereocenters. The Balaban J connectivity index is 1.62. The van der Waals surface area contributed by atoms with E-state index in [9.17, 15) is 0 Å². The Morgan fingerprint density at radius 2 is 1.07 bits per heavy atom. The summed E-state index contributed by atoms with van der Waals surface area (Å²) in [7, 11) is 0. The number of hydrogen-bond donors (Lipinski definition) is 0. The van der Waals surface area contributed by atoms with Crippen LogP contribution in [0.5, 0.6) is 0 Å².